The van der Waals surface area contributed by atoms with Crippen molar-refractivity contribution in [3.63, 3.8) is 0 Å². The van der Waals surface area contributed by atoms with Crippen LogP contribution in [0.4, 0.5) is 14.5 Å². The fourth-order valence-electron chi connectivity index (χ4n) is 2.66. The van der Waals surface area contributed by atoms with Crippen LogP contribution in [0.2, 0.25) is 0 Å². The van der Waals surface area contributed by atoms with E-state index in [0.717, 1.165) is 38.9 Å². The summed E-state index contributed by atoms with van der Waals surface area (Å²) in [6.45, 7) is 7.10. The van der Waals surface area contributed by atoms with Gasteiger partial charge in [-0.25, -0.2) is 8.78 Å². The topological polar surface area (TPSA) is 15.3 Å². The van der Waals surface area contributed by atoms with Crippen LogP contribution in [0.5, 0.6) is 0 Å². The average molecular weight is 282 g/mol. The number of rotatable bonds is 5. The van der Waals surface area contributed by atoms with E-state index in [1.807, 2.05) is 4.90 Å². The quantitative estimate of drug-likeness (QED) is 0.828. The number of hydrogen-bond acceptors (Lipinski definition) is 2. The predicted molar refractivity (Wildman–Crippen MR) is 79.0 cm³/mol. The smallest absolute Gasteiger partial charge is 0.149 e. The Kier molecular flexibility index (Phi) is 5.35. The molecule has 0 radical (unpaired) electrons. The lowest BCUT2D eigenvalue weighted by Crippen LogP contribution is -2.34. The molecule has 0 spiro atoms. The summed E-state index contributed by atoms with van der Waals surface area (Å²) in [4.78, 5) is 1.84. The van der Waals surface area contributed by atoms with Gasteiger partial charge in [-0.3, -0.25) is 0 Å². The van der Waals surface area contributed by atoms with Crippen molar-refractivity contribution in [3.05, 3.63) is 29.3 Å². The Morgan fingerprint density at radius 3 is 2.35 bits per heavy atom. The van der Waals surface area contributed by atoms with Crippen LogP contribution in [0.3, 0.4) is 0 Å². The third-order valence-electron chi connectivity index (χ3n) is 3.93. The molecule has 1 aromatic rings. The summed E-state index contributed by atoms with van der Waals surface area (Å²) >= 11 is 0. The van der Waals surface area contributed by atoms with Gasteiger partial charge < -0.3 is 10.2 Å². The summed E-state index contributed by atoms with van der Waals surface area (Å²) in [6, 6.07) is 2.91. The molecule has 20 heavy (non-hydrogen) atoms. The molecule has 2 rings (SSSR count). The number of halogens is 2. The first-order valence-corrected chi connectivity index (χ1v) is 7.55. The molecule has 4 heteroatoms. The number of anilines is 1. The molecule has 0 aromatic heterocycles. The van der Waals surface area contributed by atoms with E-state index in [1.165, 1.54) is 12.1 Å². The van der Waals surface area contributed by atoms with Gasteiger partial charge in [0, 0.05) is 19.6 Å². The van der Waals surface area contributed by atoms with Gasteiger partial charge in [0.2, 0.25) is 0 Å². The predicted octanol–water partition coefficient (Wildman–Crippen LogP) is 3.70. The molecule has 1 aromatic carbocycles. The SMILES string of the molecule is CCCNCc1cc(F)c(N2CCC(C)CC2)c(F)c1. The van der Waals surface area contributed by atoms with Gasteiger partial charge in [0.1, 0.15) is 17.3 Å². The standard InChI is InChI=1S/C16H24F2N2/c1-3-6-19-11-13-9-14(17)16(15(18)10-13)20-7-4-12(2)5-8-20/h9-10,12,19H,3-8,11H2,1-2H3. The molecule has 0 amide bonds. The minimum Gasteiger partial charge on any atom is -0.367 e. The van der Waals surface area contributed by atoms with Crippen LogP contribution in [0.25, 0.3) is 0 Å². The molecule has 1 heterocycles. The Morgan fingerprint density at radius 1 is 1.20 bits per heavy atom. The van der Waals surface area contributed by atoms with Crippen molar-refractivity contribution in [2.45, 2.75) is 39.7 Å². The first kappa shape index (κ1) is 15.2. The first-order valence-electron chi connectivity index (χ1n) is 7.55. The van der Waals surface area contributed by atoms with Crippen LogP contribution in [-0.2, 0) is 6.54 Å². The van der Waals surface area contributed by atoms with Crippen LogP contribution >= 0.6 is 0 Å². The van der Waals surface area contributed by atoms with Crippen LogP contribution in [0, 0.1) is 17.6 Å². The highest BCUT2D eigenvalue weighted by molar-refractivity contribution is 5.51. The monoisotopic (exact) mass is 282 g/mol. The maximum Gasteiger partial charge on any atom is 0.149 e. The highest BCUT2D eigenvalue weighted by Crippen LogP contribution is 2.29. The van der Waals surface area contributed by atoms with Gasteiger partial charge in [0.15, 0.2) is 0 Å². The van der Waals surface area contributed by atoms with Crippen LogP contribution in [0.15, 0.2) is 12.1 Å². The van der Waals surface area contributed by atoms with Crippen molar-refractivity contribution in [2.24, 2.45) is 5.92 Å². The van der Waals surface area contributed by atoms with E-state index in [1.54, 1.807) is 0 Å². The van der Waals surface area contributed by atoms with E-state index >= 15 is 0 Å². The van der Waals surface area contributed by atoms with Crippen molar-refractivity contribution in [2.75, 3.05) is 24.5 Å². The number of nitrogens with zero attached hydrogens (tertiary/aromatic N) is 1. The van der Waals surface area contributed by atoms with Crippen molar-refractivity contribution >= 4 is 5.69 Å². The first-order chi connectivity index (χ1) is 9.61. The van der Waals surface area contributed by atoms with Gasteiger partial charge in [0.05, 0.1) is 0 Å². The fourth-order valence-corrected chi connectivity index (χ4v) is 2.66. The summed E-state index contributed by atoms with van der Waals surface area (Å²) in [5, 5.41) is 3.16. The number of piperidine rings is 1. The molecular formula is C16H24F2N2. The van der Waals surface area contributed by atoms with E-state index in [0.29, 0.717) is 18.0 Å². The summed E-state index contributed by atoms with van der Waals surface area (Å²) in [7, 11) is 0. The molecule has 1 saturated heterocycles. The molecule has 1 fully saturated rings. The van der Waals surface area contributed by atoms with Gasteiger partial charge in [-0.2, -0.15) is 0 Å². The molecule has 0 bridgehead atoms. The van der Waals surface area contributed by atoms with E-state index in [-0.39, 0.29) is 5.69 Å². The summed E-state index contributed by atoms with van der Waals surface area (Å²) in [5.41, 5.74) is 0.818. The maximum atomic E-state index is 14.2. The molecule has 112 valence electrons. The second-order valence-corrected chi connectivity index (χ2v) is 5.75. The Hall–Kier alpha value is -1.16. The second kappa shape index (κ2) is 7.02. The number of nitrogens with one attached hydrogen (secondary N) is 1. The van der Waals surface area contributed by atoms with Crippen molar-refractivity contribution < 1.29 is 8.78 Å². The van der Waals surface area contributed by atoms with Crippen molar-refractivity contribution in [1.82, 2.24) is 5.32 Å². The largest absolute Gasteiger partial charge is 0.367 e. The van der Waals surface area contributed by atoms with Gasteiger partial charge in [-0.15, -0.1) is 0 Å². The normalized spacial score (nSPS) is 16.7. The van der Waals surface area contributed by atoms with Crippen LogP contribution in [0.1, 0.15) is 38.7 Å². The summed E-state index contributed by atoms with van der Waals surface area (Å²) in [6.07, 6.45) is 3.01. The molecule has 1 N–H and O–H groups in total. The van der Waals surface area contributed by atoms with Crippen molar-refractivity contribution in [1.29, 1.82) is 0 Å². The zero-order chi connectivity index (χ0) is 14.5. The highest BCUT2D eigenvalue weighted by atomic mass is 19.1. The zero-order valence-corrected chi connectivity index (χ0v) is 12.4. The minimum atomic E-state index is -0.437. The van der Waals surface area contributed by atoms with Crippen LogP contribution in [-0.4, -0.2) is 19.6 Å². The molecule has 0 saturated carbocycles. The zero-order valence-electron chi connectivity index (χ0n) is 12.4. The van der Waals surface area contributed by atoms with Gasteiger partial charge in [0.25, 0.3) is 0 Å². The maximum absolute atomic E-state index is 14.2. The van der Waals surface area contributed by atoms with Crippen LogP contribution < -0.4 is 10.2 Å². The van der Waals surface area contributed by atoms with Crippen molar-refractivity contribution in [3.8, 4) is 0 Å². The minimum absolute atomic E-state index is 0.149. The highest BCUT2D eigenvalue weighted by Gasteiger charge is 2.22. The Bertz CT molecular complexity index is 417. The molecular weight excluding hydrogens is 258 g/mol. The molecule has 0 atom stereocenters. The summed E-state index contributed by atoms with van der Waals surface area (Å²) in [5.74, 6) is -0.226. The molecule has 1 aliphatic rings. The lowest BCUT2D eigenvalue weighted by molar-refractivity contribution is 0.429. The third kappa shape index (κ3) is 3.69. The van der Waals surface area contributed by atoms with E-state index in [9.17, 15) is 8.78 Å². The van der Waals surface area contributed by atoms with E-state index in [4.69, 9.17) is 0 Å². The van der Waals surface area contributed by atoms with Gasteiger partial charge >= 0.3 is 0 Å². The Balaban J connectivity index is 2.10. The van der Waals surface area contributed by atoms with Gasteiger partial charge in [-0.1, -0.05) is 13.8 Å². The molecule has 2 nitrogen and oxygen atoms in total. The number of hydrogen-bond donors (Lipinski definition) is 1. The molecule has 1 aliphatic heterocycles. The molecule has 0 unspecified atom stereocenters. The Morgan fingerprint density at radius 2 is 1.80 bits per heavy atom. The fraction of sp³-hybridized carbons (Fsp3) is 0.625. The lowest BCUT2D eigenvalue weighted by Gasteiger charge is -2.32. The van der Waals surface area contributed by atoms with E-state index < -0.39 is 11.6 Å². The number of benzene rings is 1. The Labute approximate surface area is 120 Å². The summed E-state index contributed by atoms with van der Waals surface area (Å²) < 4.78 is 28.4. The van der Waals surface area contributed by atoms with Gasteiger partial charge in [-0.05, 0) is 49.4 Å². The third-order valence-corrected chi connectivity index (χ3v) is 3.93. The average Bonchev–Trinajstić information content (AvgIpc) is 2.40. The van der Waals surface area contributed by atoms with E-state index in [2.05, 4.69) is 19.2 Å². The lowest BCUT2D eigenvalue weighted by atomic mass is 9.98. The molecule has 0 aliphatic carbocycles. The second-order valence-electron chi connectivity index (χ2n) is 5.75.